The molecule has 1 aromatic rings. The molecule has 6 heteroatoms. The lowest BCUT2D eigenvalue weighted by molar-refractivity contribution is 0.0526. The molecule has 0 saturated carbocycles. The molecule has 130 valence electrons. The fourth-order valence-corrected chi connectivity index (χ4v) is 1.98. The number of ether oxygens (including phenoxy) is 2. The van der Waals surface area contributed by atoms with Crippen molar-refractivity contribution in [1.82, 2.24) is 5.32 Å². The fourth-order valence-electron chi connectivity index (χ4n) is 1.98. The number of anilines is 1. The lowest BCUT2D eigenvalue weighted by Crippen LogP contribution is -2.38. The Labute approximate surface area is 138 Å². The highest BCUT2D eigenvalue weighted by molar-refractivity contribution is 5.67. The van der Waals surface area contributed by atoms with E-state index in [1.807, 2.05) is 52.8 Å². The van der Waals surface area contributed by atoms with Crippen LogP contribution in [0.5, 0.6) is 5.75 Å². The van der Waals surface area contributed by atoms with E-state index in [2.05, 4.69) is 10.6 Å². The first-order chi connectivity index (χ1) is 10.7. The van der Waals surface area contributed by atoms with E-state index in [1.165, 1.54) is 0 Å². The standard InChI is InChI=1S/C17H28N2O4/c1-6-22-15-8-7-14(9-13(15)11-20)19-12(2)10-18-16(21)23-17(3,4)5/h7-9,12,19-20H,6,10-11H2,1-5H3,(H,18,21). The number of hydrogen-bond donors (Lipinski definition) is 3. The molecule has 23 heavy (non-hydrogen) atoms. The molecule has 1 aromatic carbocycles. The largest absolute Gasteiger partial charge is 0.494 e. The number of benzene rings is 1. The van der Waals surface area contributed by atoms with Crippen molar-refractivity contribution in [3.8, 4) is 5.75 Å². The third kappa shape index (κ3) is 7.23. The normalized spacial score (nSPS) is 12.4. The van der Waals surface area contributed by atoms with E-state index in [4.69, 9.17) is 9.47 Å². The van der Waals surface area contributed by atoms with Crippen molar-refractivity contribution in [3.63, 3.8) is 0 Å². The third-order valence-corrected chi connectivity index (χ3v) is 2.90. The fraction of sp³-hybridized carbons (Fsp3) is 0.588. The third-order valence-electron chi connectivity index (χ3n) is 2.90. The van der Waals surface area contributed by atoms with Gasteiger partial charge < -0.3 is 25.2 Å². The zero-order valence-corrected chi connectivity index (χ0v) is 14.6. The topological polar surface area (TPSA) is 79.8 Å². The quantitative estimate of drug-likeness (QED) is 0.718. The molecule has 6 nitrogen and oxygen atoms in total. The molecule has 0 aliphatic heterocycles. The minimum absolute atomic E-state index is 0.00649. The predicted molar refractivity (Wildman–Crippen MR) is 90.9 cm³/mol. The first-order valence-electron chi connectivity index (χ1n) is 7.85. The van der Waals surface area contributed by atoms with Gasteiger partial charge >= 0.3 is 6.09 Å². The lowest BCUT2D eigenvalue weighted by Gasteiger charge is -2.21. The molecular formula is C17H28N2O4. The maximum atomic E-state index is 11.6. The van der Waals surface area contributed by atoms with Crippen LogP contribution in [0, 0.1) is 0 Å². The Morgan fingerprint density at radius 1 is 1.35 bits per heavy atom. The van der Waals surface area contributed by atoms with Gasteiger partial charge in [-0.15, -0.1) is 0 Å². The Morgan fingerprint density at radius 3 is 2.61 bits per heavy atom. The summed E-state index contributed by atoms with van der Waals surface area (Å²) in [6, 6.07) is 5.56. The van der Waals surface area contributed by atoms with Crippen LogP contribution < -0.4 is 15.4 Å². The van der Waals surface area contributed by atoms with E-state index in [9.17, 15) is 9.90 Å². The van der Waals surface area contributed by atoms with Crippen molar-refractivity contribution in [2.24, 2.45) is 0 Å². The number of hydrogen-bond acceptors (Lipinski definition) is 5. The second-order valence-electron chi connectivity index (χ2n) is 6.34. The smallest absolute Gasteiger partial charge is 0.407 e. The molecule has 0 saturated heterocycles. The highest BCUT2D eigenvalue weighted by Gasteiger charge is 2.16. The van der Waals surface area contributed by atoms with Crippen LogP contribution >= 0.6 is 0 Å². The van der Waals surface area contributed by atoms with E-state index in [-0.39, 0.29) is 12.6 Å². The minimum Gasteiger partial charge on any atom is -0.494 e. The molecule has 0 aromatic heterocycles. The van der Waals surface area contributed by atoms with Crippen molar-refractivity contribution in [2.75, 3.05) is 18.5 Å². The molecule has 1 amide bonds. The molecule has 0 radical (unpaired) electrons. The Bertz CT molecular complexity index is 512. The number of rotatable bonds is 7. The molecule has 0 fully saturated rings. The highest BCUT2D eigenvalue weighted by Crippen LogP contribution is 2.23. The maximum Gasteiger partial charge on any atom is 0.407 e. The van der Waals surface area contributed by atoms with E-state index >= 15 is 0 Å². The summed E-state index contributed by atoms with van der Waals surface area (Å²) in [6.45, 7) is 10.2. The summed E-state index contributed by atoms with van der Waals surface area (Å²) in [5.41, 5.74) is 1.08. The number of aliphatic hydroxyl groups is 1. The summed E-state index contributed by atoms with van der Waals surface area (Å²) in [4.78, 5) is 11.6. The van der Waals surface area contributed by atoms with Gasteiger partial charge in [0, 0.05) is 23.8 Å². The molecule has 0 aliphatic carbocycles. The van der Waals surface area contributed by atoms with Gasteiger partial charge in [0.1, 0.15) is 11.4 Å². The van der Waals surface area contributed by atoms with E-state index in [0.717, 1.165) is 11.3 Å². The van der Waals surface area contributed by atoms with Gasteiger partial charge in [0.25, 0.3) is 0 Å². The lowest BCUT2D eigenvalue weighted by atomic mass is 10.1. The van der Waals surface area contributed by atoms with Gasteiger partial charge in [0.15, 0.2) is 0 Å². The zero-order valence-electron chi connectivity index (χ0n) is 14.6. The van der Waals surface area contributed by atoms with Crippen molar-refractivity contribution < 1.29 is 19.4 Å². The van der Waals surface area contributed by atoms with Gasteiger partial charge in [-0.3, -0.25) is 0 Å². The monoisotopic (exact) mass is 324 g/mol. The van der Waals surface area contributed by atoms with Gasteiger partial charge in [-0.25, -0.2) is 4.79 Å². The highest BCUT2D eigenvalue weighted by atomic mass is 16.6. The van der Waals surface area contributed by atoms with Crippen molar-refractivity contribution in [1.29, 1.82) is 0 Å². The summed E-state index contributed by atoms with van der Waals surface area (Å²) >= 11 is 0. The molecular weight excluding hydrogens is 296 g/mol. The SMILES string of the molecule is CCOc1ccc(NC(C)CNC(=O)OC(C)(C)C)cc1CO. The van der Waals surface area contributed by atoms with Crippen molar-refractivity contribution in [2.45, 2.75) is 52.9 Å². The predicted octanol–water partition coefficient (Wildman–Crippen LogP) is 2.90. The number of amides is 1. The first-order valence-corrected chi connectivity index (χ1v) is 7.85. The van der Waals surface area contributed by atoms with Crippen LogP contribution in [0.25, 0.3) is 0 Å². The van der Waals surface area contributed by atoms with Crippen LogP contribution in [0.3, 0.4) is 0 Å². The molecule has 0 aliphatic rings. The molecule has 1 rings (SSSR count). The van der Waals surface area contributed by atoms with Crippen LogP contribution in [0.1, 0.15) is 40.2 Å². The van der Waals surface area contributed by atoms with Gasteiger partial charge in [-0.1, -0.05) is 0 Å². The molecule has 0 spiro atoms. The Balaban J connectivity index is 2.54. The summed E-state index contributed by atoms with van der Waals surface area (Å²) in [5, 5.41) is 15.4. The van der Waals surface area contributed by atoms with Crippen LogP contribution in [0.4, 0.5) is 10.5 Å². The second kappa shape index (κ2) is 8.62. The molecule has 1 atom stereocenters. The first kappa shape index (κ1) is 19.1. The summed E-state index contributed by atoms with van der Waals surface area (Å²) < 4.78 is 10.6. The van der Waals surface area contributed by atoms with Crippen molar-refractivity contribution >= 4 is 11.8 Å². The zero-order chi connectivity index (χ0) is 17.5. The summed E-state index contributed by atoms with van der Waals surface area (Å²) in [5.74, 6) is 0.681. The number of carbonyl (C=O) groups excluding carboxylic acids is 1. The van der Waals surface area contributed by atoms with Gasteiger partial charge in [-0.05, 0) is 52.8 Å². The van der Waals surface area contributed by atoms with Gasteiger partial charge in [0.05, 0.1) is 13.2 Å². The maximum absolute atomic E-state index is 11.6. The molecule has 1 unspecified atom stereocenters. The number of alkyl carbamates (subject to hydrolysis) is 1. The number of aliphatic hydroxyl groups excluding tert-OH is 1. The molecule has 0 heterocycles. The van der Waals surface area contributed by atoms with Gasteiger partial charge in [0.2, 0.25) is 0 Å². The summed E-state index contributed by atoms with van der Waals surface area (Å²) in [6.07, 6.45) is -0.436. The minimum atomic E-state index is -0.508. The van der Waals surface area contributed by atoms with Gasteiger partial charge in [-0.2, -0.15) is 0 Å². The Kier molecular flexibility index (Phi) is 7.16. The Morgan fingerprint density at radius 2 is 2.04 bits per heavy atom. The Hall–Kier alpha value is -1.95. The second-order valence-corrected chi connectivity index (χ2v) is 6.34. The van der Waals surface area contributed by atoms with E-state index in [1.54, 1.807) is 0 Å². The van der Waals surface area contributed by atoms with Crippen molar-refractivity contribution in [3.05, 3.63) is 23.8 Å². The molecule has 3 N–H and O–H groups in total. The molecule has 0 bridgehead atoms. The van der Waals surface area contributed by atoms with Crippen LogP contribution in [-0.2, 0) is 11.3 Å². The number of carbonyl (C=O) groups is 1. The average Bonchev–Trinajstić information content (AvgIpc) is 2.45. The summed E-state index contributed by atoms with van der Waals surface area (Å²) in [7, 11) is 0. The van der Waals surface area contributed by atoms with E-state index in [0.29, 0.717) is 18.9 Å². The average molecular weight is 324 g/mol. The van der Waals surface area contributed by atoms with Crippen LogP contribution in [-0.4, -0.2) is 36.0 Å². The number of nitrogens with one attached hydrogen (secondary N) is 2. The van der Waals surface area contributed by atoms with Crippen LogP contribution in [0.2, 0.25) is 0 Å². The van der Waals surface area contributed by atoms with E-state index < -0.39 is 11.7 Å². The van der Waals surface area contributed by atoms with Crippen LogP contribution in [0.15, 0.2) is 18.2 Å².